The standard InChI is InChI=1S/C38H63F3N4O8/c1-23-20-37(5,50)35(48)26(4)36(49)42-24(2)15-32(33(19-31(23)47)53-34-18-29(43(6)7)16-25(3)52-34)51-22-30(46)21-44-11-13-45(14-12-44)28-10-8-9-27(17-28)38(39,40)41/h8-10,17,23-26,29-35,46-48,50H,11-16,18-22H2,1-7H3,(H,42,49)/t23?,24-,25?,26?,29?,30?,31+,32?,33-,34?,35?,37-/m1/s1. The molecule has 5 N–H and O–H groups in total. The van der Waals surface area contributed by atoms with Gasteiger partial charge >= 0.3 is 6.18 Å². The minimum atomic E-state index is -4.42. The van der Waals surface area contributed by atoms with Gasteiger partial charge in [-0.05, 0) is 78.2 Å². The summed E-state index contributed by atoms with van der Waals surface area (Å²) in [5, 5.41) is 47.9. The summed E-state index contributed by atoms with van der Waals surface area (Å²) >= 11 is 0. The molecule has 53 heavy (non-hydrogen) atoms. The van der Waals surface area contributed by atoms with Gasteiger partial charge in [0.05, 0.1) is 60.3 Å². The predicted octanol–water partition coefficient (Wildman–Crippen LogP) is 2.85. The molecular weight excluding hydrogens is 697 g/mol. The number of hydrogen-bond acceptors (Lipinski definition) is 11. The number of benzene rings is 1. The Morgan fingerprint density at radius 2 is 1.72 bits per heavy atom. The first-order valence-corrected chi connectivity index (χ1v) is 19.0. The van der Waals surface area contributed by atoms with Gasteiger partial charge in [0.2, 0.25) is 5.91 Å². The second-order valence-corrected chi connectivity index (χ2v) is 16.2. The maximum Gasteiger partial charge on any atom is 0.416 e. The highest BCUT2D eigenvalue weighted by Gasteiger charge is 2.42. The molecule has 0 saturated carbocycles. The SMILES string of the molecule is CC1CC(N(C)C)CC(O[C@@H]2C[C@H](O)C(C)C[C@@](C)(O)C(O)C(C)C(=O)N[C@H](C)CC2OCC(O)CN2CCN(c3cccc(C(F)(F)F)c3)CC2)O1. The highest BCUT2D eigenvalue weighted by Crippen LogP contribution is 2.34. The Hall–Kier alpha value is -2.08. The van der Waals surface area contributed by atoms with Gasteiger partial charge in [-0.25, -0.2) is 0 Å². The lowest BCUT2D eigenvalue weighted by Gasteiger charge is -2.41. The van der Waals surface area contributed by atoms with Crippen molar-refractivity contribution in [3.63, 3.8) is 0 Å². The highest BCUT2D eigenvalue weighted by atomic mass is 19.4. The molecule has 4 rings (SSSR count). The molecule has 3 aliphatic heterocycles. The average molecular weight is 761 g/mol. The summed E-state index contributed by atoms with van der Waals surface area (Å²) in [5.74, 6) is -1.85. The Labute approximate surface area is 312 Å². The minimum absolute atomic E-state index is 0.0279. The molecule has 3 heterocycles. The molecule has 3 aliphatic rings. The number of ether oxygens (including phenoxy) is 3. The third-order valence-electron chi connectivity index (χ3n) is 11.2. The summed E-state index contributed by atoms with van der Waals surface area (Å²) in [5.41, 5.74) is -1.83. The van der Waals surface area contributed by atoms with E-state index < -0.39 is 77.9 Å². The molecule has 0 aliphatic carbocycles. The van der Waals surface area contributed by atoms with E-state index >= 15 is 0 Å². The largest absolute Gasteiger partial charge is 0.416 e. The Bertz CT molecular complexity index is 1300. The van der Waals surface area contributed by atoms with Gasteiger partial charge in [-0.2, -0.15) is 13.2 Å². The van der Waals surface area contributed by atoms with Crippen molar-refractivity contribution in [1.29, 1.82) is 0 Å². The zero-order valence-corrected chi connectivity index (χ0v) is 32.3. The monoisotopic (exact) mass is 760 g/mol. The van der Waals surface area contributed by atoms with E-state index in [1.165, 1.54) is 13.0 Å². The number of carbonyl (C=O) groups excluding carboxylic acids is 1. The van der Waals surface area contributed by atoms with Crippen LogP contribution >= 0.6 is 0 Å². The molecule has 0 aromatic heterocycles. The van der Waals surface area contributed by atoms with Crippen molar-refractivity contribution in [1.82, 2.24) is 15.1 Å². The van der Waals surface area contributed by atoms with Crippen molar-refractivity contribution in [2.45, 2.75) is 133 Å². The fraction of sp³-hybridized carbons (Fsp3) is 0.816. The second kappa shape index (κ2) is 18.7. The zero-order valence-electron chi connectivity index (χ0n) is 32.3. The van der Waals surface area contributed by atoms with Crippen LogP contribution in [-0.4, -0.2) is 150 Å². The number of amides is 1. The summed E-state index contributed by atoms with van der Waals surface area (Å²) in [4.78, 5) is 19.3. The topological polar surface area (TPSA) is 147 Å². The van der Waals surface area contributed by atoms with Gasteiger partial charge in [0.15, 0.2) is 6.29 Å². The Morgan fingerprint density at radius 1 is 1.04 bits per heavy atom. The van der Waals surface area contributed by atoms with Crippen LogP contribution in [0.3, 0.4) is 0 Å². The van der Waals surface area contributed by atoms with Crippen LogP contribution in [0.5, 0.6) is 0 Å². The molecule has 8 unspecified atom stereocenters. The van der Waals surface area contributed by atoms with E-state index in [9.17, 15) is 38.4 Å². The molecule has 3 saturated heterocycles. The first-order chi connectivity index (χ1) is 24.7. The second-order valence-electron chi connectivity index (χ2n) is 16.2. The Balaban J connectivity index is 1.48. The molecule has 12 atom stereocenters. The molecule has 12 nitrogen and oxygen atoms in total. The summed E-state index contributed by atoms with van der Waals surface area (Å²) in [6.07, 6.45) is -7.95. The number of nitrogens with zero attached hydrogens (tertiary/aromatic N) is 3. The van der Waals surface area contributed by atoms with Crippen LogP contribution in [0.4, 0.5) is 18.9 Å². The van der Waals surface area contributed by atoms with Crippen molar-refractivity contribution in [2.24, 2.45) is 11.8 Å². The van der Waals surface area contributed by atoms with Crippen molar-refractivity contribution in [3.05, 3.63) is 29.8 Å². The van der Waals surface area contributed by atoms with E-state index in [1.54, 1.807) is 19.9 Å². The first-order valence-electron chi connectivity index (χ1n) is 19.0. The summed E-state index contributed by atoms with van der Waals surface area (Å²) in [6, 6.07) is 5.04. The van der Waals surface area contributed by atoms with Gasteiger partial charge in [0, 0.05) is 63.3 Å². The van der Waals surface area contributed by atoms with Crippen LogP contribution in [0.1, 0.15) is 72.3 Å². The molecule has 3 fully saturated rings. The highest BCUT2D eigenvalue weighted by molar-refractivity contribution is 5.79. The fourth-order valence-electron chi connectivity index (χ4n) is 7.89. The number of anilines is 1. The molecule has 1 aromatic carbocycles. The summed E-state index contributed by atoms with van der Waals surface area (Å²) < 4.78 is 59.2. The lowest BCUT2D eigenvalue weighted by atomic mass is 9.80. The third-order valence-corrected chi connectivity index (χ3v) is 11.2. The molecule has 0 bridgehead atoms. The number of halogens is 3. The smallest absolute Gasteiger partial charge is 0.393 e. The molecule has 304 valence electrons. The molecule has 0 spiro atoms. The van der Waals surface area contributed by atoms with E-state index in [0.717, 1.165) is 18.6 Å². The normalized spacial score (nSPS) is 36.7. The van der Waals surface area contributed by atoms with Gasteiger partial charge in [-0.1, -0.05) is 19.9 Å². The number of β-amino-alcohol motifs (C(OH)–C–C–N with tert-alkyl or cyclic N) is 1. The number of rotatable bonds is 9. The lowest BCUT2D eigenvalue weighted by Crippen LogP contribution is -2.51. The molecule has 0 radical (unpaired) electrons. The van der Waals surface area contributed by atoms with Crippen LogP contribution in [0.15, 0.2) is 24.3 Å². The Kier molecular flexibility index (Phi) is 15.4. The van der Waals surface area contributed by atoms with Crippen molar-refractivity contribution < 1.29 is 52.6 Å². The molecule has 1 aromatic rings. The first kappa shape index (κ1) is 43.6. The van der Waals surface area contributed by atoms with Crippen molar-refractivity contribution in [3.8, 4) is 0 Å². The van der Waals surface area contributed by atoms with E-state index in [4.69, 9.17) is 14.2 Å². The molecular formula is C38H63F3N4O8. The zero-order chi connectivity index (χ0) is 39.2. The number of alkyl halides is 3. The number of nitrogens with one attached hydrogen (secondary N) is 1. The molecule has 15 heteroatoms. The third kappa shape index (κ3) is 12.5. The number of aliphatic hydroxyl groups is 4. The van der Waals surface area contributed by atoms with Gasteiger partial charge in [0.1, 0.15) is 0 Å². The predicted molar refractivity (Wildman–Crippen MR) is 194 cm³/mol. The van der Waals surface area contributed by atoms with Crippen LogP contribution in [0.25, 0.3) is 0 Å². The summed E-state index contributed by atoms with van der Waals surface area (Å²) in [6.45, 7) is 10.9. The minimum Gasteiger partial charge on any atom is -0.393 e. The van der Waals surface area contributed by atoms with E-state index in [0.29, 0.717) is 38.3 Å². The summed E-state index contributed by atoms with van der Waals surface area (Å²) in [7, 11) is 4.02. The fourth-order valence-corrected chi connectivity index (χ4v) is 7.89. The van der Waals surface area contributed by atoms with Crippen molar-refractivity contribution in [2.75, 3.05) is 58.3 Å². The molecule has 1 amide bonds. The number of piperazine rings is 1. The van der Waals surface area contributed by atoms with Gasteiger partial charge in [-0.15, -0.1) is 0 Å². The Morgan fingerprint density at radius 3 is 2.36 bits per heavy atom. The van der Waals surface area contributed by atoms with Crippen LogP contribution in [-0.2, 0) is 25.2 Å². The number of carbonyl (C=O) groups is 1. The van der Waals surface area contributed by atoms with Crippen LogP contribution in [0.2, 0.25) is 0 Å². The van der Waals surface area contributed by atoms with E-state index in [2.05, 4.69) is 10.2 Å². The van der Waals surface area contributed by atoms with Crippen molar-refractivity contribution >= 4 is 11.6 Å². The van der Waals surface area contributed by atoms with E-state index in [-0.39, 0.29) is 44.6 Å². The quantitative estimate of drug-likeness (QED) is 0.253. The van der Waals surface area contributed by atoms with Gasteiger partial charge in [0.25, 0.3) is 0 Å². The number of aliphatic hydroxyl groups excluding tert-OH is 3. The lowest BCUT2D eigenvalue weighted by molar-refractivity contribution is -0.246. The van der Waals surface area contributed by atoms with E-state index in [1.807, 2.05) is 37.7 Å². The van der Waals surface area contributed by atoms with Crippen LogP contribution in [0, 0.1) is 11.8 Å². The number of hydrogen-bond donors (Lipinski definition) is 5. The average Bonchev–Trinajstić information content (AvgIpc) is 3.08. The maximum atomic E-state index is 13.3. The maximum absolute atomic E-state index is 13.3. The van der Waals surface area contributed by atoms with Gasteiger partial charge < -0.3 is 49.8 Å². The van der Waals surface area contributed by atoms with Crippen LogP contribution < -0.4 is 10.2 Å². The van der Waals surface area contributed by atoms with Gasteiger partial charge in [-0.3, -0.25) is 9.69 Å².